The Bertz CT molecular complexity index is 250. The van der Waals surface area contributed by atoms with Gasteiger partial charge in [-0.05, 0) is 12.1 Å². The van der Waals surface area contributed by atoms with Gasteiger partial charge in [0, 0.05) is 18.4 Å². The summed E-state index contributed by atoms with van der Waals surface area (Å²) in [4.78, 5) is 14.5. The number of nitrogens with zero attached hydrogens (tertiary/aromatic N) is 1. The maximum atomic E-state index is 10.4. The SMILES string of the molecule is NC(=O)CCSc1ccccn1. The molecule has 1 amide bonds. The third-order valence-corrected chi connectivity index (χ3v) is 2.18. The Balaban J connectivity index is 2.29. The van der Waals surface area contributed by atoms with Crippen LogP contribution in [0.1, 0.15) is 6.42 Å². The summed E-state index contributed by atoms with van der Waals surface area (Å²) in [6.45, 7) is 0. The van der Waals surface area contributed by atoms with Crippen LogP contribution < -0.4 is 5.73 Å². The zero-order valence-corrected chi connectivity index (χ0v) is 7.38. The van der Waals surface area contributed by atoms with Gasteiger partial charge >= 0.3 is 0 Å². The second kappa shape index (κ2) is 4.77. The number of hydrogen-bond donors (Lipinski definition) is 1. The van der Waals surface area contributed by atoms with E-state index in [4.69, 9.17) is 5.73 Å². The van der Waals surface area contributed by atoms with Gasteiger partial charge in [-0.15, -0.1) is 11.8 Å². The lowest BCUT2D eigenvalue weighted by atomic mass is 10.5. The summed E-state index contributed by atoms with van der Waals surface area (Å²) in [5, 5.41) is 0.929. The molecular weight excluding hydrogens is 172 g/mol. The third-order valence-electron chi connectivity index (χ3n) is 1.24. The average Bonchev–Trinajstić information content (AvgIpc) is 2.05. The molecule has 0 unspecified atom stereocenters. The van der Waals surface area contributed by atoms with Crippen molar-refractivity contribution in [3.05, 3.63) is 24.4 Å². The number of rotatable bonds is 4. The summed E-state index contributed by atoms with van der Waals surface area (Å²) in [6, 6.07) is 5.68. The number of carbonyl (C=O) groups excluding carboxylic acids is 1. The number of primary amides is 1. The van der Waals surface area contributed by atoms with Gasteiger partial charge < -0.3 is 5.73 Å². The van der Waals surface area contributed by atoms with Crippen LogP contribution in [-0.4, -0.2) is 16.6 Å². The minimum absolute atomic E-state index is 0.265. The maximum Gasteiger partial charge on any atom is 0.218 e. The minimum Gasteiger partial charge on any atom is -0.370 e. The number of amides is 1. The molecule has 0 aliphatic rings. The molecule has 0 fully saturated rings. The molecule has 2 N–H and O–H groups in total. The van der Waals surface area contributed by atoms with Crippen molar-refractivity contribution in [1.82, 2.24) is 4.98 Å². The number of nitrogens with two attached hydrogens (primary N) is 1. The first kappa shape index (κ1) is 9.06. The number of thioether (sulfide) groups is 1. The van der Waals surface area contributed by atoms with E-state index in [-0.39, 0.29) is 5.91 Å². The van der Waals surface area contributed by atoms with E-state index in [0.29, 0.717) is 12.2 Å². The van der Waals surface area contributed by atoms with Crippen molar-refractivity contribution in [2.24, 2.45) is 5.73 Å². The molecule has 0 atom stereocenters. The summed E-state index contributed by atoms with van der Waals surface area (Å²) >= 11 is 1.54. The van der Waals surface area contributed by atoms with Gasteiger partial charge in [-0.2, -0.15) is 0 Å². The van der Waals surface area contributed by atoms with Crippen LogP contribution in [0.25, 0.3) is 0 Å². The van der Waals surface area contributed by atoms with Gasteiger partial charge in [-0.3, -0.25) is 4.79 Å². The summed E-state index contributed by atoms with van der Waals surface area (Å²) in [6.07, 6.45) is 2.13. The largest absolute Gasteiger partial charge is 0.370 e. The highest BCUT2D eigenvalue weighted by molar-refractivity contribution is 7.99. The first-order chi connectivity index (χ1) is 5.79. The fourth-order valence-electron chi connectivity index (χ4n) is 0.689. The smallest absolute Gasteiger partial charge is 0.218 e. The van der Waals surface area contributed by atoms with Gasteiger partial charge in [-0.1, -0.05) is 6.07 Å². The molecular formula is C8H10N2OS. The average molecular weight is 182 g/mol. The van der Waals surface area contributed by atoms with Crippen LogP contribution in [0.5, 0.6) is 0 Å². The lowest BCUT2D eigenvalue weighted by Gasteiger charge is -1.96. The highest BCUT2D eigenvalue weighted by atomic mass is 32.2. The first-order valence-corrected chi connectivity index (χ1v) is 4.60. The lowest BCUT2D eigenvalue weighted by Crippen LogP contribution is -2.10. The Morgan fingerprint density at radius 1 is 1.58 bits per heavy atom. The Kier molecular flexibility index (Phi) is 3.60. The van der Waals surface area contributed by atoms with E-state index < -0.39 is 0 Å². The van der Waals surface area contributed by atoms with E-state index in [1.807, 2.05) is 18.2 Å². The van der Waals surface area contributed by atoms with Crippen LogP contribution >= 0.6 is 11.8 Å². The fraction of sp³-hybridized carbons (Fsp3) is 0.250. The predicted octanol–water partition coefficient (Wildman–Crippen LogP) is 1.05. The Morgan fingerprint density at radius 3 is 3.00 bits per heavy atom. The van der Waals surface area contributed by atoms with Gasteiger partial charge in [0.1, 0.15) is 0 Å². The highest BCUT2D eigenvalue weighted by Gasteiger charge is 1.96. The van der Waals surface area contributed by atoms with Crippen LogP contribution in [0.3, 0.4) is 0 Å². The van der Waals surface area contributed by atoms with Crippen LogP contribution in [0, 0.1) is 0 Å². The quantitative estimate of drug-likeness (QED) is 0.708. The normalized spacial score (nSPS) is 9.67. The summed E-state index contributed by atoms with van der Waals surface area (Å²) in [5.74, 6) is 0.435. The van der Waals surface area contributed by atoms with E-state index in [0.717, 1.165) is 5.03 Å². The molecule has 0 aliphatic carbocycles. The first-order valence-electron chi connectivity index (χ1n) is 3.61. The van der Waals surface area contributed by atoms with E-state index in [2.05, 4.69) is 4.98 Å². The van der Waals surface area contributed by atoms with E-state index in [1.165, 1.54) is 11.8 Å². The van der Waals surface area contributed by atoms with Gasteiger partial charge in [0.05, 0.1) is 5.03 Å². The molecule has 3 nitrogen and oxygen atoms in total. The molecule has 0 radical (unpaired) electrons. The zero-order chi connectivity index (χ0) is 8.81. The fourth-order valence-corrected chi connectivity index (χ4v) is 1.51. The highest BCUT2D eigenvalue weighted by Crippen LogP contribution is 2.14. The molecule has 4 heteroatoms. The Morgan fingerprint density at radius 2 is 2.42 bits per heavy atom. The molecule has 0 spiro atoms. The lowest BCUT2D eigenvalue weighted by molar-refractivity contribution is -0.117. The zero-order valence-electron chi connectivity index (χ0n) is 6.56. The number of aromatic nitrogens is 1. The molecule has 1 aromatic heterocycles. The molecule has 64 valence electrons. The van der Waals surface area contributed by atoms with Crippen molar-refractivity contribution in [1.29, 1.82) is 0 Å². The molecule has 1 aromatic rings. The Labute approximate surface area is 75.4 Å². The van der Waals surface area contributed by atoms with Crippen molar-refractivity contribution in [2.75, 3.05) is 5.75 Å². The molecule has 1 rings (SSSR count). The summed E-state index contributed by atoms with van der Waals surface area (Å²) in [5.41, 5.74) is 4.98. The van der Waals surface area contributed by atoms with Crippen molar-refractivity contribution in [3.8, 4) is 0 Å². The summed E-state index contributed by atoms with van der Waals surface area (Å²) in [7, 11) is 0. The van der Waals surface area contributed by atoms with Crippen LogP contribution in [0.2, 0.25) is 0 Å². The molecule has 0 aromatic carbocycles. The van der Waals surface area contributed by atoms with E-state index >= 15 is 0 Å². The molecule has 0 saturated carbocycles. The van der Waals surface area contributed by atoms with Gasteiger partial charge in [-0.25, -0.2) is 4.98 Å². The van der Waals surface area contributed by atoms with E-state index in [1.54, 1.807) is 6.20 Å². The second-order valence-electron chi connectivity index (χ2n) is 2.23. The molecule has 1 heterocycles. The van der Waals surface area contributed by atoms with Crippen molar-refractivity contribution < 1.29 is 4.79 Å². The van der Waals surface area contributed by atoms with Crippen molar-refractivity contribution >= 4 is 17.7 Å². The predicted molar refractivity (Wildman–Crippen MR) is 48.8 cm³/mol. The number of hydrogen-bond acceptors (Lipinski definition) is 3. The number of carbonyl (C=O) groups is 1. The monoisotopic (exact) mass is 182 g/mol. The molecule has 0 aliphatic heterocycles. The van der Waals surface area contributed by atoms with E-state index in [9.17, 15) is 4.79 Å². The molecule has 0 saturated heterocycles. The molecule has 0 bridgehead atoms. The molecule has 12 heavy (non-hydrogen) atoms. The number of pyridine rings is 1. The standard InChI is InChI=1S/C8H10N2OS/c9-7(11)4-6-12-8-3-1-2-5-10-8/h1-3,5H,4,6H2,(H2,9,11). The second-order valence-corrected chi connectivity index (χ2v) is 3.35. The van der Waals surface area contributed by atoms with Gasteiger partial charge in [0.2, 0.25) is 5.91 Å². The van der Waals surface area contributed by atoms with Crippen molar-refractivity contribution in [3.63, 3.8) is 0 Å². The minimum atomic E-state index is -0.265. The Hall–Kier alpha value is -1.03. The third kappa shape index (κ3) is 3.39. The van der Waals surface area contributed by atoms with Gasteiger partial charge in [0.15, 0.2) is 0 Å². The van der Waals surface area contributed by atoms with Crippen LogP contribution in [0.4, 0.5) is 0 Å². The summed E-state index contributed by atoms with van der Waals surface area (Å²) < 4.78 is 0. The van der Waals surface area contributed by atoms with Crippen LogP contribution in [0.15, 0.2) is 29.4 Å². The van der Waals surface area contributed by atoms with Crippen LogP contribution in [-0.2, 0) is 4.79 Å². The maximum absolute atomic E-state index is 10.4. The topological polar surface area (TPSA) is 56.0 Å². The van der Waals surface area contributed by atoms with Crippen molar-refractivity contribution in [2.45, 2.75) is 11.4 Å². The van der Waals surface area contributed by atoms with Gasteiger partial charge in [0.25, 0.3) is 0 Å².